The highest BCUT2D eigenvalue weighted by molar-refractivity contribution is 5.84. The predicted molar refractivity (Wildman–Crippen MR) is 102 cm³/mol. The van der Waals surface area contributed by atoms with E-state index in [1.54, 1.807) is 0 Å². The van der Waals surface area contributed by atoms with Crippen molar-refractivity contribution in [3.8, 4) is 5.75 Å². The molecule has 2 aliphatic heterocycles. The van der Waals surface area contributed by atoms with Gasteiger partial charge in [-0.05, 0) is 42.5 Å². The normalized spacial score (nSPS) is 23.3. The molecule has 2 aromatic rings. The van der Waals surface area contributed by atoms with Gasteiger partial charge in [-0.25, -0.2) is 0 Å². The maximum atomic E-state index is 13.1. The molecule has 0 aromatic heterocycles. The minimum absolute atomic E-state index is 0.0245. The van der Waals surface area contributed by atoms with Gasteiger partial charge in [0, 0.05) is 19.5 Å². The summed E-state index contributed by atoms with van der Waals surface area (Å²) < 4.78 is 0. The van der Waals surface area contributed by atoms with Crippen molar-refractivity contribution < 1.29 is 9.90 Å². The summed E-state index contributed by atoms with van der Waals surface area (Å²) in [4.78, 5) is 17.5. The molecular formula is C22H26N2O2. The van der Waals surface area contributed by atoms with E-state index in [9.17, 15) is 9.90 Å². The molecule has 0 bridgehead atoms. The molecular weight excluding hydrogens is 324 g/mol. The molecule has 4 rings (SSSR count). The van der Waals surface area contributed by atoms with Crippen LogP contribution in [0.25, 0.3) is 0 Å². The number of rotatable bonds is 4. The van der Waals surface area contributed by atoms with Crippen LogP contribution in [-0.2, 0) is 17.8 Å². The Balaban J connectivity index is 1.62. The first-order valence-electron chi connectivity index (χ1n) is 9.52. The van der Waals surface area contributed by atoms with Crippen molar-refractivity contribution in [2.75, 3.05) is 6.54 Å². The zero-order valence-corrected chi connectivity index (χ0v) is 15.3. The first kappa shape index (κ1) is 17.1. The molecule has 2 fully saturated rings. The minimum Gasteiger partial charge on any atom is -0.508 e. The summed E-state index contributed by atoms with van der Waals surface area (Å²) in [5, 5.41) is 10.1. The molecule has 2 unspecified atom stereocenters. The molecule has 136 valence electrons. The summed E-state index contributed by atoms with van der Waals surface area (Å²) >= 11 is 0. The molecule has 4 nitrogen and oxygen atoms in total. The Morgan fingerprint density at radius 3 is 2.65 bits per heavy atom. The van der Waals surface area contributed by atoms with Crippen molar-refractivity contribution in [2.45, 2.75) is 51.4 Å². The Hall–Kier alpha value is -2.33. The van der Waals surface area contributed by atoms with E-state index in [0.717, 1.165) is 48.9 Å². The molecule has 2 atom stereocenters. The van der Waals surface area contributed by atoms with Crippen LogP contribution in [0.1, 0.15) is 36.0 Å². The molecule has 2 aromatic carbocycles. The molecule has 1 N–H and O–H groups in total. The molecule has 2 saturated heterocycles. The molecule has 0 spiro atoms. The molecule has 4 heteroatoms. The first-order chi connectivity index (χ1) is 12.6. The number of phenolic OH excluding ortho intramolecular Hbond substituents is 1. The van der Waals surface area contributed by atoms with Crippen LogP contribution in [0, 0.1) is 6.92 Å². The second-order valence-corrected chi connectivity index (χ2v) is 7.51. The lowest BCUT2D eigenvalue weighted by atomic mass is 10.0. The van der Waals surface area contributed by atoms with Crippen molar-refractivity contribution in [1.29, 1.82) is 0 Å². The van der Waals surface area contributed by atoms with Crippen LogP contribution in [0.3, 0.4) is 0 Å². The van der Waals surface area contributed by atoms with E-state index < -0.39 is 0 Å². The number of phenols is 1. The molecule has 1 amide bonds. The zero-order chi connectivity index (χ0) is 18.1. The summed E-state index contributed by atoms with van der Waals surface area (Å²) in [6.45, 7) is 3.53. The quantitative estimate of drug-likeness (QED) is 0.918. The number of hydrogen-bond donors (Lipinski definition) is 1. The second-order valence-electron chi connectivity index (χ2n) is 7.51. The van der Waals surface area contributed by atoms with Gasteiger partial charge in [0.1, 0.15) is 5.75 Å². The molecule has 0 radical (unpaired) electrons. The highest BCUT2D eigenvalue weighted by atomic mass is 16.3. The van der Waals surface area contributed by atoms with Crippen molar-refractivity contribution >= 4 is 5.91 Å². The number of carbonyl (C=O) groups is 1. The number of aromatic hydroxyl groups is 1. The van der Waals surface area contributed by atoms with E-state index >= 15 is 0 Å². The van der Waals surface area contributed by atoms with Gasteiger partial charge in [-0.1, -0.05) is 48.9 Å². The summed E-state index contributed by atoms with van der Waals surface area (Å²) in [5.41, 5.74) is 3.13. The Labute approximate surface area is 155 Å². The lowest BCUT2D eigenvalue weighted by Crippen LogP contribution is -2.44. The van der Waals surface area contributed by atoms with E-state index in [4.69, 9.17) is 0 Å². The van der Waals surface area contributed by atoms with Crippen molar-refractivity contribution in [2.24, 2.45) is 0 Å². The van der Waals surface area contributed by atoms with Crippen molar-refractivity contribution in [3.63, 3.8) is 0 Å². The maximum absolute atomic E-state index is 13.1. The highest BCUT2D eigenvalue weighted by Crippen LogP contribution is 2.33. The highest BCUT2D eigenvalue weighted by Gasteiger charge is 2.46. The first-order valence-corrected chi connectivity index (χ1v) is 9.52. The molecule has 2 heterocycles. The smallest absolute Gasteiger partial charge is 0.241 e. The predicted octanol–water partition coefficient (Wildman–Crippen LogP) is 3.47. The van der Waals surface area contributed by atoms with Gasteiger partial charge >= 0.3 is 0 Å². The number of nitrogens with zero attached hydrogens (tertiary/aromatic N) is 2. The SMILES string of the molecule is Cc1ccc(CC2N(Cc3ccccc3)C(=O)C3CCCCN32)cc1O. The zero-order valence-electron chi connectivity index (χ0n) is 15.3. The van der Waals surface area contributed by atoms with Gasteiger partial charge in [0.2, 0.25) is 5.91 Å². The van der Waals surface area contributed by atoms with Crippen LogP contribution in [0.5, 0.6) is 5.75 Å². The number of hydrogen-bond acceptors (Lipinski definition) is 3. The standard InChI is InChI=1S/C22H26N2O2/c1-16-10-11-18(13-20(16)25)14-21-23-12-6-5-9-19(23)22(26)24(21)15-17-7-3-2-4-8-17/h2-4,7-8,10-11,13,19,21,25H,5-6,9,12,14-15H2,1H3. The number of carbonyl (C=O) groups excluding carboxylic acids is 1. The Morgan fingerprint density at radius 1 is 1.08 bits per heavy atom. The second kappa shape index (κ2) is 7.12. The fraction of sp³-hybridized carbons (Fsp3) is 0.409. The van der Waals surface area contributed by atoms with Gasteiger partial charge in [0.15, 0.2) is 0 Å². The largest absolute Gasteiger partial charge is 0.508 e. The molecule has 26 heavy (non-hydrogen) atoms. The fourth-order valence-electron chi connectivity index (χ4n) is 4.28. The van der Waals surface area contributed by atoms with Crippen molar-refractivity contribution in [3.05, 3.63) is 65.2 Å². The Morgan fingerprint density at radius 2 is 1.88 bits per heavy atom. The van der Waals surface area contributed by atoms with E-state index in [2.05, 4.69) is 23.1 Å². The van der Waals surface area contributed by atoms with Gasteiger partial charge < -0.3 is 10.0 Å². The van der Waals surface area contributed by atoms with E-state index in [0.29, 0.717) is 12.3 Å². The monoisotopic (exact) mass is 350 g/mol. The lowest BCUT2D eigenvalue weighted by molar-refractivity contribution is -0.130. The van der Waals surface area contributed by atoms with Gasteiger partial charge in [-0.15, -0.1) is 0 Å². The molecule has 0 aliphatic carbocycles. The topological polar surface area (TPSA) is 43.8 Å². The number of piperidine rings is 1. The van der Waals surface area contributed by atoms with E-state index in [1.165, 1.54) is 0 Å². The van der Waals surface area contributed by atoms with Crippen LogP contribution < -0.4 is 0 Å². The average Bonchev–Trinajstić information content (AvgIpc) is 2.92. The van der Waals surface area contributed by atoms with Gasteiger partial charge in [-0.3, -0.25) is 9.69 Å². The van der Waals surface area contributed by atoms with Gasteiger partial charge in [0.25, 0.3) is 0 Å². The number of benzene rings is 2. The Kier molecular flexibility index (Phi) is 4.68. The Bertz CT molecular complexity index is 790. The summed E-state index contributed by atoms with van der Waals surface area (Å²) in [6.07, 6.45) is 4.06. The third kappa shape index (κ3) is 3.21. The lowest BCUT2D eigenvalue weighted by Gasteiger charge is -2.33. The third-order valence-electron chi connectivity index (χ3n) is 5.74. The van der Waals surface area contributed by atoms with Gasteiger partial charge in [0.05, 0.1) is 12.2 Å². The minimum atomic E-state index is 0.0245. The summed E-state index contributed by atoms with van der Waals surface area (Å²) in [7, 11) is 0. The van der Waals surface area contributed by atoms with Gasteiger partial charge in [-0.2, -0.15) is 0 Å². The molecule has 0 saturated carbocycles. The number of aryl methyl sites for hydroxylation is 1. The van der Waals surface area contributed by atoms with Crippen LogP contribution in [0.15, 0.2) is 48.5 Å². The van der Waals surface area contributed by atoms with Crippen LogP contribution in [-0.4, -0.2) is 39.6 Å². The third-order valence-corrected chi connectivity index (χ3v) is 5.74. The van der Waals surface area contributed by atoms with Crippen LogP contribution in [0.4, 0.5) is 0 Å². The summed E-state index contributed by atoms with van der Waals surface area (Å²) in [5.74, 6) is 0.589. The average molecular weight is 350 g/mol. The number of amides is 1. The summed E-state index contributed by atoms with van der Waals surface area (Å²) in [6, 6.07) is 16.1. The number of fused-ring (bicyclic) bond motifs is 1. The van der Waals surface area contributed by atoms with Crippen LogP contribution >= 0.6 is 0 Å². The van der Waals surface area contributed by atoms with Crippen LogP contribution in [0.2, 0.25) is 0 Å². The molecule has 2 aliphatic rings. The van der Waals surface area contributed by atoms with E-state index in [1.807, 2.05) is 42.2 Å². The van der Waals surface area contributed by atoms with E-state index in [-0.39, 0.29) is 18.1 Å². The maximum Gasteiger partial charge on any atom is 0.241 e. The fourth-order valence-corrected chi connectivity index (χ4v) is 4.28. The van der Waals surface area contributed by atoms with Crippen molar-refractivity contribution in [1.82, 2.24) is 9.80 Å².